The highest BCUT2D eigenvalue weighted by Gasteiger charge is 2.20. The van der Waals surface area contributed by atoms with Crippen LogP contribution in [0.3, 0.4) is 0 Å². The van der Waals surface area contributed by atoms with Crippen LogP contribution in [0.25, 0.3) is 0 Å². The van der Waals surface area contributed by atoms with Crippen LogP contribution in [0.4, 0.5) is 0 Å². The highest BCUT2D eigenvalue weighted by molar-refractivity contribution is 5.76. The number of rotatable bonds is 7. The molecule has 0 aromatic heterocycles. The first-order chi connectivity index (χ1) is 8.15. The van der Waals surface area contributed by atoms with Crippen molar-refractivity contribution in [1.29, 1.82) is 0 Å². The molecule has 4 heteroatoms. The molecule has 0 spiro atoms. The molecule has 0 heterocycles. The maximum absolute atomic E-state index is 11.9. The smallest absolute Gasteiger partial charge is 0.221 e. The van der Waals surface area contributed by atoms with Gasteiger partial charge >= 0.3 is 0 Å². The van der Waals surface area contributed by atoms with E-state index in [-0.39, 0.29) is 23.4 Å². The van der Waals surface area contributed by atoms with Gasteiger partial charge < -0.3 is 15.8 Å². The van der Waals surface area contributed by atoms with E-state index >= 15 is 0 Å². The van der Waals surface area contributed by atoms with Crippen LogP contribution in [-0.2, 0) is 9.53 Å². The standard InChI is InChI=1S/C14H30N2O2/c1-10(2)12(9-18-6)16-13(17)7-11(15)8-14(3,4)5/h10-12H,7-9,15H2,1-6H3,(H,16,17). The number of methoxy groups -OCH3 is 1. The minimum atomic E-state index is -0.0830. The van der Waals surface area contributed by atoms with Crippen molar-refractivity contribution in [1.82, 2.24) is 5.32 Å². The van der Waals surface area contributed by atoms with Gasteiger partial charge in [-0.05, 0) is 17.8 Å². The Hall–Kier alpha value is -0.610. The van der Waals surface area contributed by atoms with Gasteiger partial charge in [0, 0.05) is 19.6 Å². The number of ether oxygens (including phenoxy) is 1. The molecule has 2 unspecified atom stereocenters. The lowest BCUT2D eigenvalue weighted by Gasteiger charge is -2.25. The predicted molar refractivity (Wildman–Crippen MR) is 75.3 cm³/mol. The lowest BCUT2D eigenvalue weighted by Crippen LogP contribution is -2.44. The quantitative estimate of drug-likeness (QED) is 0.733. The first kappa shape index (κ1) is 17.4. The van der Waals surface area contributed by atoms with E-state index in [4.69, 9.17) is 10.5 Å². The Bertz CT molecular complexity index is 247. The van der Waals surface area contributed by atoms with Crippen molar-refractivity contribution in [3.8, 4) is 0 Å². The van der Waals surface area contributed by atoms with Crippen molar-refractivity contribution in [3.63, 3.8) is 0 Å². The van der Waals surface area contributed by atoms with E-state index in [9.17, 15) is 4.79 Å². The summed E-state index contributed by atoms with van der Waals surface area (Å²) < 4.78 is 5.11. The van der Waals surface area contributed by atoms with Gasteiger partial charge in [-0.15, -0.1) is 0 Å². The second kappa shape index (κ2) is 7.74. The van der Waals surface area contributed by atoms with Gasteiger partial charge in [-0.2, -0.15) is 0 Å². The summed E-state index contributed by atoms with van der Waals surface area (Å²) >= 11 is 0. The fraction of sp³-hybridized carbons (Fsp3) is 0.929. The largest absolute Gasteiger partial charge is 0.383 e. The van der Waals surface area contributed by atoms with Crippen LogP contribution < -0.4 is 11.1 Å². The van der Waals surface area contributed by atoms with Crippen molar-refractivity contribution < 1.29 is 9.53 Å². The Balaban J connectivity index is 4.16. The van der Waals surface area contributed by atoms with Gasteiger partial charge in [0.2, 0.25) is 5.91 Å². The summed E-state index contributed by atoms with van der Waals surface area (Å²) in [7, 11) is 1.65. The fourth-order valence-electron chi connectivity index (χ4n) is 1.94. The minimum Gasteiger partial charge on any atom is -0.383 e. The second-order valence-corrected chi connectivity index (χ2v) is 6.60. The fourth-order valence-corrected chi connectivity index (χ4v) is 1.94. The number of carbonyl (C=O) groups is 1. The molecule has 0 saturated heterocycles. The van der Waals surface area contributed by atoms with Gasteiger partial charge in [-0.25, -0.2) is 0 Å². The van der Waals surface area contributed by atoms with E-state index < -0.39 is 0 Å². The predicted octanol–water partition coefficient (Wildman–Crippen LogP) is 1.93. The summed E-state index contributed by atoms with van der Waals surface area (Å²) in [5.41, 5.74) is 6.15. The SMILES string of the molecule is COCC(NC(=O)CC(N)CC(C)(C)C)C(C)C. The molecule has 0 aromatic carbocycles. The van der Waals surface area contributed by atoms with E-state index in [2.05, 4.69) is 39.9 Å². The number of hydrogen-bond acceptors (Lipinski definition) is 3. The first-order valence-corrected chi connectivity index (χ1v) is 6.69. The zero-order valence-corrected chi connectivity index (χ0v) is 12.7. The van der Waals surface area contributed by atoms with Crippen molar-refractivity contribution in [2.24, 2.45) is 17.1 Å². The molecule has 2 atom stereocenters. The third-order valence-electron chi connectivity index (χ3n) is 2.82. The monoisotopic (exact) mass is 258 g/mol. The highest BCUT2D eigenvalue weighted by Crippen LogP contribution is 2.21. The number of carbonyl (C=O) groups excluding carboxylic acids is 1. The van der Waals surface area contributed by atoms with Gasteiger partial charge in [-0.1, -0.05) is 34.6 Å². The summed E-state index contributed by atoms with van der Waals surface area (Å²) in [6.07, 6.45) is 1.22. The Labute approximate surface area is 112 Å². The van der Waals surface area contributed by atoms with Crippen LogP contribution in [0, 0.1) is 11.3 Å². The van der Waals surface area contributed by atoms with Crippen molar-refractivity contribution in [2.75, 3.05) is 13.7 Å². The van der Waals surface area contributed by atoms with Gasteiger partial charge in [-0.3, -0.25) is 4.79 Å². The molecule has 0 aliphatic carbocycles. The molecule has 0 aliphatic rings. The molecule has 4 nitrogen and oxygen atoms in total. The zero-order valence-electron chi connectivity index (χ0n) is 12.7. The molecular weight excluding hydrogens is 228 g/mol. The Morgan fingerprint density at radius 1 is 1.33 bits per heavy atom. The molecule has 0 aliphatic heterocycles. The zero-order chi connectivity index (χ0) is 14.3. The number of nitrogens with one attached hydrogen (secondary N) is 1. The lowest BCUT2D eigenvalue weighted by atomic mass is 9.87. The molecule has 3 N–H and O–H groups in total. The summed E-state index contributed by atoms with van der Waals surface area (Å²) in [5.74, 6) is 0.371. The van der Waals surface area contributed by atoms with Crippen LogP contribution in [0.2, 0.25) is 0 Å². The Morgan fingerprint density at radius 2 is 1.89 bits per heavy atom. The van der Waals surface area contributed by atoms with Crippen LogP contribution in [0.15, 0.2) is 0 Å². The topological polar surface area (TPSA) is 64.3 Å². The van der Waals surface area contributed by atoms with Crippen LogP contribution >= 0.6 is 0 Å². The average Bonchev–Trinajstić information content (AvgIpc) is 2.13. The van der Waals surface area contributed by atoms with E-state index in [1.54, 1.807) is 7.11 Å². The molecule has 0 rings (SSSR count). The third-order valence-corrected chi connectivity index (χ3v) is 2.82. The second-order valence-electron chi connectivity index (χ2n) is 6.60. The molecule has 0 fully saturated rings. The summed E-state index contributed by atoms with van der Waals surface area (Å²) in [4.78, 5) is 11.9. The van der Waals surface area contributed by atoms with Crippen LogP contribution in [-0.4, -0.2) is 31.7 Å². The molecule has 108 valence electrons. The van der Waals surface area contributed by atoms with Crippen LogP contribution in [0.1, 0.15) is 47.5 Å². The molecule has 0 aromatic rings. The van der Waals surface area contributed by atoms with E-state index in [1.807, 2.05) is 0 Å². The van der Waals surface area contributed by atoms with Crippen molar-refractivity contribution in [3.05, 3.63) is 0 Å². The molecular formula is C14H30N2O2. The summed E-state index contributed by atoms with van der Waals surface area (Å²) in [6.45, 7) is 11.1. The van der Waals surface area contributed by atoms with Gasteiger partial charge in [0.1, 0.15) is 0 Å². The summed E-state index contributed by atoms with van der Waals surface area (Å²) in [6, 6.07) is -0.0234. The number of nitrogens with two attached hydrogens (primary N) is 1. The first-order valence-electron chi connectivity index (χ1n) is 6.69. The Kier molecular flexibility index (Phi) is 7.48. The minimum absolute atomic E-state index is 0.0162. The maximum atomic E-state index is 11.9. The number of amides is 1. The molecule has 0 bridgehead atoms. The van der Waals surface area contributed by atoms with E-state index in [0.717, 1.165) is 6.42 Å². The van der Waals surface area contributed by atoms with Gasteiger partial charge in [0.25, 0.3) is 0 Å². The summed E-state index contributed by atoms with van der Waals surface area (Å²) in [5, 5.41) is 2.99. The highest BCUT2D eigenvalue weighted by atomic mass is 16.5. The van der Waals surface area contributed by atoms with Crippen molar-refractivity contribution >= 4 is 5.91 Å². The average molecular weight is 258 g/mol. The molecule has 18 heavy (non-hydrogen) atoms. The molecule has 0 saturated carbocycles. The Morgan fingerprint density at radius 3 is 2.28 bits per heavy atom. The maximum Gasteiger partial charge on any atom is 0.221 e. The molecule has 0 radical (unpaired) electrons. The third kappa shape index (κ3) is 8.48. The van der Waals surface area contributed by atoms with Crippen molar-refractivity contribution in [2.45, 2.75) is 59.5 Å². The lowest BCUT2D eigenvalue weighted by molar-refractivity contribution is -0.123. The molecule has 1 amide bonds. The number of hydrogen-bond donors (Lipinski definition) is 2. The van der Waals surface area contributed by atoms with Crippen LogP contribution in [0.5, 0.6) is 0 Å². The van der Waals surface area contributed by atoms with E-state index in [1.165, 1.54) is 0 Å². The van der Waals surface area contributed by atoms with E-state index in [0.29, 0.717) is 18.9 Å². The normalized spacial score (nSPS) is 15.6. The van der Waals surface area contributed by atoms with Gasteiger partial charge in [0.15, 0.2) is 0 Å². The van der Waals surface area contributed by atoms with Gasteiger partial charge in [0.05, 0.1) is 12.6 Å².